The minimum atomic E-state index is -0.638. The lowest BCUT2D eigenvalue weighted by molar-refractivity contribution is -0.123. The first-order chi connectivity index (χ1) is 16.3. The van der Waals surface area contributed by atoms with Crippen molar-refractivity contribution in [3.63, 3.8) is 0 Å². The summed E-state index contributed by atoms with van der Waals surface area (Å²) in [5.41, 5.74) is 1.57. The predicted octanol–water partition coefficient (Wildman–Crippen LogP) is 6.30. The van der Waals surface area contributed by atoms with Crippen LogP contribution in [0.25, 0.3) is 6.08 Å². The third-order valence-corrected chi connectivity index (χ3v) is 6.45. The predicted molar refractivity (Wildman–Crippen MR) is 131 cm³/mol. The van der Waals surface area contributed by atoms with Gasteiger partial charge in [0.1, 0.15) is 18.1 Å². The van der Waals surface area contributed by atoms with E-state index in [0.29, 0.717) is 28.7 Å². The van der Waals surface area contributed by atoms with E-state index >= 15 is 0 Å². The van der Waals surface area contributed by atoms with E-state index in [1.807, 2.05) is 18.2 Å². The molecule has 0 N–H and O–H groups in total. The molecule has 1 fully saturated rings. The maximum atomic E-state index is 12.9. The molecule has 174 valence electrons. The fraction of sp³-hybridized carbons (Fsp3) is 0.125. The number of hydrogen-bond donors (Lipinski definition) is 0. The molecule has 0 unspecified atom stereocenters. The third-order valence-electron chi connectivity index (χ3n) is 4.80. The van der Waals surface area contributed by atoms with Gasteiger partial charge in [-0.2, -0.15) is 0 Å². The van der Waals surface area contributed by atoms with Crippen LogP contribution in [0.5, 0.6) is 5.75 Å². The molecule has 0 atom stereocenters. The molecular formula is C24H17BrClNO6S. The van der Waals surface area contributed by atoms with Gasteiger partial charge in [-0.25, -0.2) is 4.79 Å². The standard InChI is InChI=1S/C24H17BrClNO6S/c1-31-23(29)20-9-7-18(33-20)12-27-22(28)21(34-24(27)30)11-15-10-16(25)4-8-19(15)32-13-14-2-5-17(26)6-3-14/h2-11H,12-13H2,1H3/b21-11+. The number of rotatable bonds is 7. The van der Waals surface area contributed by atoms with Crippen LogP contribution >= 0.6 is 39.3 Å². The average molecular weight is 563 g/mol. The highest BCUT2D eigenvalue weighted by Crippen LogP contribution is 2.36. The van der Waals surface area contributed by atoms with Gasteiger partial charge >= 0.3 is 5.97 Å². The average Bonchev–Trinajstić information content (AvgIpc) is 3.39. The van der Waals surface area contributed by atoms with Crippen molar-refractivity contribution >= 4 is 62.5 Å². The van der Waals surface area contributed by atoms with Gasteiger partial charge in [-0.1, -0.05) is 39.7 Å². The van der Waals surface area contributed by atoms with Crippen LogP contribution in [0.3, 0.4) is 0 Å². The number of esters is 1. The van der Waals surface area contributed by atoms with E-state index in [2.05, 4.69) is 20.7 Å². The molecule has 2 heterocycles. The lowest BCUT2D eigenvalue weighted by Crippen LogP contribution is -2.27. The molecule has 0 saturated carbocycles. The normalized spacial score (nSPS) is 14.7. The van der Waals surface area contributed by atoms with E-state index in [0.717, 1.165) is 26.7 Å². The van der Waals surface area contributed by atoms with Crippen LogP contribution < -0.4 is 4.74 Å². The number of thioether (sulfide) groups is 1. The summed E-state index contributed by atoms with van der Waals surface area (Å²) in [5.74, 6) is -0.260. The number of imide groups is 1. The number of benzene rings is 2. The minimum absolute atomic E-state index is 0.00312. The number of furan rings is 1. The molecule has 0 radical (unpaired) electrons. The van der Waals surface area contributed by atoms with Crippen LogP contribution in [0.2, 0.25) is 5.02 Å². The van der Waals surface area contributed by atoms with Crippen LogP contribution in [-0.2, 0) is 22.7 Å². The second-order valence-corrected chi connectivity index (χ2v) is 9.47. The third kappa shape index (κ3) is 5.55. The highest BCUT2D eigenvalue weighted by Gasteiger charge is 2.36. The van der Waals surface area contributed by atoms with Crippen LogP contribution in [0.4, 0.5) is 4.79 Å². The quantitative estimate of drug-likeness (QED) is 0.247. The molecule has 0 aliphatic carbocycles. The number of carbonyl (C=O) groups is 3. The number of halogens is 2. The molecule has 2 aromatic carbocycles. The molecule has 0 bridgehead atoms. The summed E-state index contributed by atoms with van der Waals surface area (Å²) in [6.45, 7) is 0.208. The van der Waals surface area contributed by atoms with Crippen LogP contribution in [0.15, 0.2) is 68.4 Å². The molecule has 1 aliphatic heterocycles. The summed E-state index contributed by atoms with van der Waals surface area (Å²) < 4.78 is 16.7. The molecular weight excluding hydrogens is 546 g/mol. The highest BCUT2D eigenvalue weighted by atomic mass is 79.9. The Balaban J connectivity index is 1.52. The summed E-state index contributed by atoms with van der Waals surface area (Å²) in [4.78, 5) is 38.3. The Bertz CT molecular complexity index is 1290. The second-order valence-electron chi connectivity index (χ2n) is 7.12. The first kappa shape index (κ1) is 24.1. The summed E-state index contributed by atoms with van der Waals surface area (Å²) in [6.07, 6.45) is 1.62. The zero-order valence-corrected chi connectivity index (χ0v) is 20.9. The first-order valence-corrected chi connectivity index (χ1v) is 11.9. The van der Waals surface area contributed by atoms with Crippen molar-refractivity contribution in [1.29, 1.82) is 0 Å². The number of nitrogens with zero attached hydrogens (tertiary/aromatic N) is 1. The van der Waals surface area contributed by atoms with E-state index in [-0.39, 0.29) is 17.2 Å². The van der Waals surface area contributed by atoms with Crippen molar-refractivity contribution in [2.24, 2.45) is 0 Å². The number of carbonyl (C=O) groups excluding carboxylic acids is 3. The van der Waals surface area contributed by atoms with Gasteiger partial charge in [0, 0.05) is 15.1 Å². The van der Waals surface area contributed by atoms with Gasteiger partial charge in [0.2, 0.25) is 5.76 Å². The lowest BCUT2D eigenvalue weighted by atomic mass is 10.1. The van der Waals surface area contributed by atoms with E-state index in [1.165, 1.54) is 19.2 Å². The SMILES string of the molecule is COC(=O)c1ccc(CN2C(=O)S/C(=C/c3cc(Br)ccc3OCc3ccc(Cl)cc3)C2=O)o1. The zero-order valence-electron chi connectivity index (χ0n) is 17.7. The fourth-order valence-electron chi connectivity index (χ4n) is 3.11. The summed E-state index contributed by atoms with van der Waals surface area (Å²) in [6, 6.07) is 15.7. The number of methoxy groups -OCH3 is 1. The van der Waals surface area contributed by atoms with E-state index < -0.39 is 17.1 Å². The molecule has 1 saturated heterocycles. The van der Waals surface area contributed by atoms with Crippen molar-refractivity contribution in [3.8, 4) is 5.75 Å². The second kappa shape index (κ2) is 10.5. The van der Waals surface area contributed by atoms with Crippen LogP contribution in [0, 0.1) is 0 Å². The van der Waals surface area contributed by atoms with E-state index in [9.17, 15) is 14.4 Å². The van der Waals surface area contributed by atoms with Gasteiger partial charge in [-0.05, 0) is 65.9 Å². The molecule has 1 aromatic heterocycles. The Morgan fingerprint density at radius 1 is 1.15 bits per heavy atom. The van der Waals surface area contributed by atoms with Crippen molar-refractivity contribution in [3.05, 3.63) is 91.6 Å². The van der Waals surface area contributed by atoms with Crippen LogP contribution in [-0.4, -0.2) is 29.1 Å². The highest BCUT2D eigenvalue weighted by molar-refractivity contribution is 9.10. The number of ether oxygens (including phenoxy) is 2. The molecule has 4 rings (SSSR count). The first-order valence-electron chi connectivity index (χ1n) is 9.93. The van der Waals surface area contributed by atoms with Crippen molar-refractivity contribution in [2.45, 2.75) is 13.2 Å². The van der Waals surface area contributed by atoms with Crippen LogP contribution in [0.1, 0.15) is 27.4 Å². The van der Waals surface area contributed by atoms with Gasteiger partial charge in [-0.15, -0.1) is 0 Å². The summed E-state index contributed by atoms with van der Waals surface area (Å²) >= 11 is 10.2. The van der Waals surface area contributed by atoms with Gasteiger partial charge in [0.05, 0.1) is 18.6 Å². The van der Waals surface area contributed by atoms with Gasteiger partial charge in [0.15, 0.2) is 0 Å². The maximum absolute atomic E-state index is 12.9. The Morgan fingerprint density at radius 3 is 2.65 bits per heavy atom. The van der Waals surface area contributed by atoms with Gasteiger partial charge in [0.25, 0.3) is 11.1 Å². The molecule has 2 amide bonds. The number of hydrogen-bond acceptors (Lipinski definition) is 7. The number of amides is 2. The topological polar surface area (TPSA) is 86.0 Å². The Labute approximate surface area is 212 Å². The van der Waals surface area contributed by atoms with Crippen molar-refractivity contribution in [2.75, 3.05) is 7.11 Å². The molecule has 10 heteroatoms. The molecule has 1 aliphatic rings. The van der Waals surface area contributed by atoms with Gasteiger partial charge in [-0.3, -0.25) is 14.5 Å². The molecule has 3 aromatic rings. The largest absolute Gasteiger partial charge is 0.488 e. The lowest BCUT2D eigenvalue weighted by Gasteiger charge is -2.11. The molecule has 34 heavy (non-hydrogen) atoms. The molecule has 7 nitrogen and oxygen atoms in total. The summed E-state index contributed by atoms with van der Waals surface area (Å²) in [5, 5.41) is 0.200. The van der Waals surface area contributed by atoms with Gasteiger partial charge < -0.3 is 13.9 Å². The van der Waals surface area contributed by atoms with E-state index in [1.54, 1.807) is 30.3 Å². The zero-order chi connectivity index (χ0) is 24.2. The maximum Gasteiger partial charge on any atom is 0.373 e. The Kier molecular flexibility index (Phi) is 7.45. The minimum Gasteiger partial charge on any atom is -0.488 e. The molecule has 0 spiro atoms. The monoisotopic (exact) mass is 561 g/mol. The Morgan fingerprint density at radius 2 is 1.91 bits per heavy atom. The van der Waals surface area contributed by atoms with E-state index in [4.69, 9.17) is 20.8 Å². The van der Waals surface area contributed by atoms with Crippen molar-refractivity contribution < 1.29 is 28.3 Å². The van der Waals surface area contributed by atoms with Crippen molar-refractivity contribution in [1.82, 2.24) is 4.90 Å². The fourth-order valence-corrected chi connectivity index (χ4v) is 4.45. The smallest absolute Gasteiger partial charge is 0.373 e. The Hall–Kier alpha value is -3.01. The summed E-state index contributed by atoms with van der Waals surface area (Å²) in [7, 11) is 1.24.